The van der Waals surface area contributed by atoms with E-state index in [0.717, 1.165) is 11.8 Å². The molecular formula is C12H15F. The van der Waals surface area contributed by atoms with Crippen molar-refractivity contribution in [3.05, 3.63) is 35.6 Å². The van der Waals surface area contributed by atoms with Crippen LogP contribution in [0.3, 0.4) is 0 Å². The Kier molecular flexibility index (Phi) is 2.10. The van der Waals surface area contributed by atoms with Gasteiger partial charge >= 0.3 is 0 Å². The van der Waals surface area contributed by atoms with E-state index < -0.39 is 0 Å². The summed E-state index contributed by atoms with van der Waals surface area (Å²) in [7, 11) is 0. The van der Waals surface area contributed by atoms with Crippen molar-refractivity contribution >= 4 is 0 Å². The average molecular weight is 178 g/mol. The quantitative estimate of drug-likeness (QED) is 0.649. The molecule has 0 N–H and O–H groups in total. The molecule has 2 rings (SSSR count). The minimum Gasteiger partial charge on any atom is -0.207 e. The molecule has 1 saturated carbocycles. The van der Waals surface area contributed by atoms with Crippen LogP contribution in [0.25, 0.3) is 0 Å². The summed E-state index contributed by atoms with van der Waals surface area (Å²) >= 11 is 0. The molecule has 0 spiro atoms. The van der Waals surface area contributed by atoms with Gasteiger partial charge in [-0.25, -0.2) is 4.39 Å². The van der Waals surface area contributed by atoms with E-state index in [1.54, 1.807) is 12.1 Å². The summed E-state index contributed by atoms with van der Waals surface area (Å²) in [5.74, 6) is 2.15. The average Bonchev–Trinajstić information content (AvgIpc) is 2.85. The summed E-state index contributed by atoms with van der Waals surface area (Å²) in [5, 5.41) is 0. The van der Waals surface area contributed by atoms with Crippen LogP contribution in [0.4, 0.5) is 4.39 Å². The van der Waals surface area contributed by atoms with E-state index in [9.17, 15) is 4.39 Å². The second-order valence-corrected chi connectivity index (χ2v) is 4.30. The third-order valence-electron chi connectivity index (χ3n) is 2.99. The lowest BCUT2D eigenvalue weighted by atomic mass is 10.0. The molecule has 0 heterocycles. The van der Waals surface area contributed by atoms with Crippen molar-refractivity contribution < 1.29 is 4.39 Å². The van der Waals surface area contributed by atoms with E-state index in [4.69, 9.17) is 0 Å². The van der Waals surface area contributed by atoms with Crippen LogP contribution in [-0.2, 0) is 0 Å². The second kappa shape index (κ2) is 3.13. The molecule has 0 aliphatic heterocycles. The van der Waals surface area contributed by atoms with Crippen molar-refractivity contribution in [2.24, 2.45) is 11.8 Å². The molecule has 0 aromatic heterocycles. The number of benzene rings is 1. The first-order valence-electron chi connectivity index (χ1n) is 4.94. The topological polar surface area (TPSA) is 0 Å². The van der Waals surface area contributed by atoms with Crippen molar-refractivity contribution in [1.82, 2.24) is 0 Å². The molecule has 1 aromatic carbocycles. The fraction of sp³-hybridized carbons (Fsp3) is 0.500. The lowest BCUT2D eigenvalue weighted by molar-refractivity contribution is 0.548. The Morgan fingerprint density at radius 1 is 1.23 bits per heavy atom. The molecule has 0 nitrogen and oxygen atoms in total. The van der Waals surface area contributed by atoms with Crippen LogP contribution in [0.15, 0.2) is 24.3 Å². The fourth-order valence-corrected chi connectivity index (χ4v) is 2.04. The molecule has 0 amide bonds. The van der Waals surface area contributed by atoms with Gasteiger partial charge in [-0.15, -0.1) is 0 Å². The largest absolute Gasteiger partial charge is 0.207 e. The van der Waals surface area contributed by atoms with Gasteiger partial charge in [0.15, 0.2) is 0 Å². The Bertz CT molecular complexity index is 286. The Morgan fingerprint density at radius 2 is 1.85 bits per heavy atom. The van der Waals surface area contributed by atoms with Crippen molar-refractivity contribution in [3.8, 4) is 0 Å². The summed E-state index contributed by atoms with van der Waals surface area (Å²) in [4.78, 5) is 0. The maximum absolute atomic E-state index is 12.6. The number of halogens is 1. The van der Waals surface area contributed by atoms with E-state index in [0.29, 0.717) is 5.92 Å². The fourth-order valence-electron chi connectivity index (χ4n) is 2.04. The summed E-state index contributed by atoms with van der Waals surface area (Å²) < 4.78 is 12.6. The predicted molar refractivity (Wildman–Crippen MR) is 52.1 cm³/mol. The van der Waals surface area contributed by atoms with Crippen molar-refractivity contribution in [1.29, 1.82) is 0 Å². The maximum Gasteiger partial charge on any atom is 0.123 e. The van der Waals surface area contributed by atoms with E-state index >= 15 is 0 Å². The van der Waals surface area contributed by atoms with E-state index in [1.807, 2.05) is 12.1 Å². The van der Waals surface area contributed by atoms with Gasteiger partial charge in [0.1, 0.15) is 5.82 Å². The molecule has 70 valence electrons. The van der Waals surface area contributed by atoms with Gasteiger partial charge < -0.3 is 0 Å². The van der Waals surface area contributed by atoms with Gasteiger partial charge in [-0.2, -0.15) is 0 Å². The molecular weight excluding hydrogens is 163 g/mol. The molecule has 0 radical (unpaired) electrons. The molecule has 1 aromatic rings. The van der Waals surface area contributed by atoms with Gasteiger partial charge in [0.2, 0.25) is 0 Å². The molecule has 0 bridgehead atoms. The zero-order valence-corrected chi connectivity index (χ0v) is 8.13. The maximum atomic E-state index is 12.6. The molecule has 2 atom stereocenters. The molecule has 1 heteroatoms. The van der Waals surface area contributed by atoms with Crippen LogP contribution < -0.4 is 0 Å². The van der Waals surface area contributed by atoms with Gasteiger partial charge in [0.25, 0.3) is 0 Å². The summed E-state index contributed by atoms with van der Waals surface area (Å²) in [6.07, 6.45) is 1.28. The lowest BCUT2D eigenvalue weighted by Crippen LogP contribution is -1.92. The standard InChI is InChI=1S/C12H15F/c1-8(2)11-7-12(11)9-3-5-10(13)6-4-9/h3-6,8,11-12H,7H2,1-2H3/t11-,12-/m1/s1. The van der Waals surface area contributed by atoms with Crippen LogP contribution in [0.1, 0.15) is 31.7 Å². The highest BCUT2D eigenvalue weighted by Gasteiger charge is 2.39. The Labute approximate surface area is 78.8 Å². The molecule has 1 fully saturated rings. The first-order valence-corrected chi connectivity index (χ1v) is 4.94. The Morgan fingerprint density at radius 3 is 2.31 bits per heavy atom. The van der Waals surface area contributed by atoms with Gasteiger partial charge in [-0.1, -0.05) is 26.0 Å². The van der Waals surface area contributed by atoms with Crippen LogP contribution in [-0.4, -0.2) is 0 Å². The van der Waals surface area contributed by atoms with Gasteiger partial charge in [0, 0.05) is 0 Å². The van der Waals surface area contributed by atoms with Crippen molar-refractivity contribution in [2.75, 3.05) is 0 Å². The third-order valence-corrected chi connectivity index (χ3v) is 2.99. The highest BCUT2D eigenvalue weighted by Crippen LogP contribution is 2.51. The molecule has 1 aliphatic carbocycles. The molecule has 13 heavy (non-hydrogen) atoms. The summed E-state index contributed by atoms with van der Waals surface area (Å²) in [6, 6.07) is 6.96. The lowest BCUT2D eigenvalue weighted by Gasteiger charge is -2.03. The van der Waals surface area contributed by atoms with Gasteiger partial charge in [-0.3, -0.25) is 0 Å². The summed E-state index contributed by atoms with van der Waals surface area (Å²) in [5.41, 5.74) is 1.31. The minimum absolute atomic E-state index is 0.134. The van der Waals surface area contributed by atoms with Gasteiger partial charge in [0.05, 0.1) is 0 Å². The molecule has 0 saturated heterocycles. The second-order valence-electron chi connectivity index (χ2n) is 4.30. The van der Waals surface area contributed by atoms with Crippen LogP contribution >= 0.6 is 0 Å². The first-order chi connectivity index (χ1) is 6.18. The Balaban J connectivity index is 2.08. The molecule has 0 unspecified atom stereocenters. The predicted octanol–water partition coefficient (Wildman–Crippen LogP) is 3.59. The zero-order valence-electron chi connectivity index (χ0n) is 8.13. The van der Waals surface area contributed by atoms with Crippen LogP contribution in [0, 0.1) is 17.7 Å². The Hall–Kier alpha value is -0.850. The van der Waals surface area contributed by atoms with E-state index in [-0.39, 0.29) is 5.82 Å². The number of rotatable bonds is 2. The highest BCUT2D eigenvalue weighted by molar-refractivity contribution is 5.26. The summed E-state index contributed by atoms with van der Waals surface area (Å²) in [6.45, 7) is 4.52. The first kappa shape index (κ1) is 8.74. The van der Waals surface area contributed by atoms with E-state index in [1.165, 1.54) is 12.0 Å². The number of hydrogen-bond acceptors (Lipinski definition) is 0. The number of hydrogen-bond donors (Lipinski definition) is 0. The monoisotopic (exact) mass is 178 g/mol. The van der Waals surface area contributed by atoms with E-state index in [2.05, 4.69) is 13.8 Å². The normalized spacial score (nSPS) is 26.5. The van der Waals surface area contributed by atoms with Crippen LogP contribution in [0.2, 0.25) is 0 Å². The SMILES string of the molecule is CC(C)[C@H]1C[C@@H]1c1ccc(F)cc1. The van der Waals surface area contributed by atoms with Crippen LogP contribution in [0.5, 0.6) is 0 Å². The third kappa shape index (κ3) is 1.74. The van der Waals surface area contributed by atoms with Gasteiger partial charge in [-0.05, 0) is 41.9 Å². The zero-order chi connectivity index (χ0) is 9.42. The highest BCUT2D eigenvalue weighted by atomic mass is 19.1. The smallest absolute Gasteiger partial charge is 0.123 e. The minimum atomic E-state index is -0.134. The molecule has 1 aliphatic rings. The van der Waals surface area contributed by atoms with Crippen molar-refractivity contribution in [2.45, 2.75) is 26.2 Å². The van der Waals surface area contributed by atoms with Crippen molar-refractivity contribution in [3.63, 3.8) is 0 Å².